The summed E-state index contributed by atoms with van der Waals surface area (Å²) in [4.78, 5) is 24.9. The van der Waals surface area contributed by atoms with E-state index >= 15 is 0 Å². The largest absolute Gasteiger partial charge is 0.394 e. The third-order valence-corrected chi connectivity index (χ3v) is 5.81. The maximum Gasteiger partial charge on any atom is 0.223 e. The number of carbonyl (C=O) groups is 2. The van der Waals surface area contributed by atoms with Crippen molar-refractivity contribution in [1.29, 1.82) is 0 Å². The van der Waals surface area contributed by atoms with Crippen molar-refractivity contribution >= 4 is 11.8 Å². The van der Waals surface area contributed by atoms with Gasteiger partial charge in [-0.05, 0) is 38.2 Å². The van der Waals surface area contributed by atoms with Gasteiger partial charge >= 0.3 is 0 Å². The van der Waals surface area contributed by atoms with E-state index in [0.29, 0.717) is 26.1 Å². The quantitative estimate of drug-likeness (QED) is 0.643. The number of amides is 2. The van der Waals surface area contributed by atoms with Crippen LogP contribution in [0.25, 0.3) is 0 Å². The summed E-state index contributed by atoms with van der Waals surface area (Å²) >= 11 is 0. The molecule has 0 spiro atoms. The van der Waals surface area contributed by atoms with Crippen LogP contribution in [0.3, 0.4) is 0 Å². The first-order chi connectivity index (χ1) is 14.1. The molecule has 0 aromatic heterocycles. The van der Waals surface area contributed by atoms with E-state index in [1.807, 2.05) is 37.3 Å². The van der Waals surface area contributed by atoms with Crippen molar-refractivity contribution in [1.82, 2.24) is 10.6 Å². The number of rotatable bonds is 7. The maximum absolute atomic E-state index is 12.5. The van der Waals surface area contributed by atoms with Crippen molar-refractivity contribution in [3.05, 3.63) is 35.9 Å². The Balaban J connectivity index is 1.46. The minimum atomic E-state index is -0.489. The molecule has 2 fully saturated rings. The third-order valence-electron chi connectivity index (χ3n) is 5.81. The van der Waals surface area contributed by atoms with Crippen LogP contribution in [0.1, 0.15) is 50.6 Å². The van der Waals surface area contributed by atoms with Crippen molar-refractivity contribution in [2.24, 2.45) is 5.92 Å². The summed E-state index contributed by atoms with van der Waals surface area (Å²) in [5.74, 6) is -0.105. The van der Waals surface area contributed by atoms with Crippen LogP contribution in [0.2, 0.25) is 0 Å². The Kier molecular flexibility index (Phi) is 8.03. The molecule has 0 saturated carbocycles. The van der Waals surface area contributed by atoms with Gasteiger partial charge in [-0.3, -0.25) is 9.59 Å². The molecule has 160 valence electrons. The second kappa shape index (κ2) is 10.7. The second-order valence-corrected chi connectivity index (χ2v) is 7.96. The predicted molar refractivity (Wildman–Crippen MR) is 108 cm³/mol. The number of hydrogen-bond acceptors (Lipinski definition) is 5. The molecular formula is C22H32N2O5. The van der Waals surface area contributed by atoms with Crippen LogP contribution in [0.15, 0.2) is 30.3 Å². The lowest BCUT2D eigenvalue weighted by Crippen LogP contribution is -2.53. The Morgan fingerprint density at radius 3 is 2.55 bits per heavy atom. The molecule has 2 amide bonds. The van der Waals surface area contributed by atoms with Gasteiger partial charge in [0.1, 0.15) is 6.10 Å². The molecule has 2 heterocycles. The summed E-state index contributed by atoms with van der Waals surface area (Å²) in [6, 6.07) is 9.50. The first-order valence-corrected chi connectivity index (χ1v) is 10.6. The smallest absolute Gasteiger partial charge is 0.223 e. The number of ether oxygens (including phenoxy) is 2. The highest BCUT2D eigenvalue weighted by Crippen LogP contribution is 2.24. The standard InChI is InChI=1S/C22H32N2O5/c1-15(16-5-3-2-4-6-16)23-21(26)13-18-7-8-19(20(14-25)29-18)24-22(27)17-9-11-28-12-10-17/h2-6,15,17-20,25H,7-14H2,1H3,(H,23,26)(H,24,27)/t15-,18+,19-,20-/m0/s1. The summed E-state index contributed by atoms with van der Waals surface area (Å²) in [5.41, 5.74) is 1.05. The lowest BCUT2D eigenvalue weighted by atomic mass is 9.94. The highest BCUT2D eigenvalue weighted by Gasteiger charge is 2.34. The molecule has 2 aliphatic heterocycles. The van der Waals surface area contributed by atoms with E-state index in [0.717, 1.165) is 18.4 Å². The van der Waals surface area contributed by atoms with Crippen LogP contribution >= 0.6 is 0 Å². The van der Waals surface area contributed by atoms with Gasteiger partial charge in [-0.2, -0.15) is 0 Å². The van der Waals surface area contributed by atoms with Crippen molar-refractivity contribution in [3.8, 4) is 0 Å². The van der Waals surface area contributed by atoms with Gasteiger partial charge in [0, 0.05) is 19.1 Å². The molecule has 1 aromatic rings. The number of benzene rings is 1. The van der Waals surface area contributed by atoms with E-state index in [2.05, 4.69) is 10.6 Å². The highest BCUT2D eigenvalue weighted by atomic mass is 16.5. The van der Waals surface area contributed by atoms with E-state index in [9.17, 15) is 14.7 Å². The average molecular weight is 405 g/mol. The molecule has 4 atom stereocenters. The first-order valence-electron chi connectivity index (χ1n) is 10.6. The minimum Gasteiger partial charge on any atom is -0.394 e. The lowest BCUT2D eigenvalue weighted by molar-refractivity contribution is -0.139. The van der Waals surface area contributed by atoms with Gasteiger partial charge in [-0.1, -0.05) is 30.3 Å². The Morgan fingerprint density at radius 1 is 1.14 bits per heavy atom. The molecule has 29 heavy (non-hydrogen) atoms. The monoisotopic (exact) mass is 404 g/mol. The Bertz CT molecular complexity index is 662. The molecule has 0 aliphatic carbocycles. The van der Waals surface area contributed by atoms with Gasteiger partial charge in [0.25, 0.3) is 0 Å². The summed E-state index contributed by atoms with van der Waals surface area (Å²) in [6.45, 7) is 2.99. The number of carbonyl (C=O) groups excluding carboxylic acids is 2. The SMILES string of the molecule is C[C@H](NC(=O)C[C@H]1CC[C@H](NC(=O)C2CCOCC2)[C@H](CO)O1)c1ccccc1. The maximum atomic E-state index is 12.5. The van der Waals surface area contributed by atoms with Crippen molar-refractivity contribution < 1.29 is 24.2 Å². The fourth-order valence-corrected chi connectivity index (χ4v) is 4.04. The number of nitrogens with one attached hydrogen (secondary N) is 2. The molecular weight excluding hydrogens is 372 g/mol. The predicted octanol–water partition coefficient (Wildman–Crippen LogP) is 1.71. The van der Waals surface area contributed by atoms with E-state index in [-0.39, 0.29) is 48.9 Å². The summed E-state index contributed by atoms with van der Waals surface area (Å²) in [5, 5.41) is 15.8. The zero-order valence-corrected chi connectivity index (χ0v) is 17.0. The van der Waals surface area contributed by atoms with E-state index in [1.54, 1.807) is 0 Å². The van der Waals surface area contributed by atoms with Gasteiger partial charge < -0.3 is 25.2 Å². The van der Waals surface area contributed by atoms with Crippen LogP contribution in [0.5, 0.6) is 0 Å². The minimum absolute atomic E-state index is 0.00762. The Labute approximate surface area is 172 Å². The molecule has 7 nitrogen and oxygen atoms in total. The van der Waals surface area contributed by atoms with Gasteiger partial charge in [0.05, 0.1) is 31.2 Å². The molecule has 0 unspecified atom stereocenters. The fourth-order valence-electron chi connectivity index (χ4n) is 4.04. The molecule has 2 saturated heterocycles. The van der Waals surface area contributed by atoms with Crippen molar-refractivity contribution in [2.75, 3.05) is 19.8 Å². The van der Waals surface area contributed by atoms with Crippen LogP contribution in [-0.2, 0) is 19.1 Å². The summed E-state index contributed by atoms with van der Waals surface area (Å²) < 4.78 is 11.3. The van der Waals surface area contributed by atoms with E-state index in [1.165, 1.54) is 0 Å². The van der Waals surface area contributed by atoms with Crippen LogP contribution in [-0.4, -0.2) is 55.0 Å². The van der Waals surface area contributed by atoms with E-state index < -0.39 is 6.10 Å². The van der Waals surface area contributed by atoms with E-state index in [4.69, 9.17) is 9.47 Å². The second-order valence-electron chi connectivity index (χ2n) is 7.96. The fraction of sp³-hybridized carbons (Fsp3) is 0.636. The molecule has 3 N–H and O–H groups in total. The van der Waals surface area contributed by atoms with Crippen molar-refractivity contribution in [3.63, 3.8) is 0 Å². The first kappa shape index (κ1) is 21.7. The lowest BCUT2D eigenvalue weighted by Gasteiger charge is -2.37. The summed E-state index contributed by atoms with van der Waals surface area (Å²) in [6.07, 6.45) is 2.31. The van der Waals surface area contributed by atoms with Crippen LogP contribution < -0.4 is 10.6 Å². The van der Waals surface area contributed by atoms with Gasteiger partial charge in [-0.15, -0.1) is 0 Å². The topological polar surface area (TPSA) is 96.9 Å². The molecule has 0 bridgehead atoms. The molecule has 1 aromatic carbocycles. The Hall–Kier alpha value is -1.96. The van der Waals surface area contributed by atoms with Crippen LogP contribution in [0, 0.1) is 5.92 Å². The Morgan fingerprint density at radius 2 is 1.86 bits per heavy atom. The average Bonchev–Trinajstić information content (AvgIpc) is 2.75. The van der Waals surface area contributed by atoms with Gasteiger partial charge in [0.2, 0.25) is 11.8 Å². The number of aliphatic hydroxyl groups excluding tert-OH is 1. The molecule has 0 radical (unpaired) electrons. The molecule has 3 rings (SSSR count). The summed E-state index contributed by atoms with van der Waals surface area (Å²) in [7, 11) is 0. The number of hydrogen-bond donors (Lipinski definition) is 3. The zero-order chi connectivity index (χ0) is 20.6. The van der Waals surface area contributed by atoms with Gasteiger partial charge in [-0.25, -0.2) is 0 Å². The number of aliphatic hydroxyl groups is 1. The molecule has 2 aliphatic rings. The van der Waals surface area contributed by atoms with Crippen LogP contribution in [0.4, 0.5) is 0 Å². The van der Waals surface area contributed by atoms with Gasteiger partial charge in [0.15, 0.2) is 0 Å². The molecule has 7 heteroatoms. The zero-order valence-electron chi connectivity index (χ0n) is 17.0. The normalized spacial score (nSPS) is 26.5. The highest BCUT2D eigenvalue weighted by molar-refractivity contribution is 5.79. The third kappa shape index (κ3) is 6.26. The van der Waals surface area contributed by atoms with Crippen molar-refractivity contribution in [2.45, 2.75) is 63.3 Å².